The number of carbonyl (C=O) groups is 3. The van der Waals surface area contributed by atoms with Crippen LogP contribution in [0.5, 0.6) is 0 Å². The van der Waals surface area contributed by atoms with E-state index in [4.69, 9.17) is 14.2 Å². The van der Waals surface area contributed by atoms with Gasteiger partial charge in [0.2, 0.25) is 0 Å². The first-order valence-corrected chi connectivity index (χ1v) is 24.2. The number of allylic oxidation sites excluding steroid dienone is 2. The highest BCUT2D eigenvalue weighted by atomic mass is 16.6. The SMILES string of the molecule is CCCCCCCCC/C=C\CCCCCCCC(=O)OC[C@@H](COC(=O)CCCCCCCCCCCC)OC(=O)CCCCCCCCCCCCC. The van der Waals surface area contributed by atoms with E-state index in [9.17, 15) is 14.4 Å². The topological polar surface area (TPSA) is 78.9 Å². The summed E-state index contributed by atoms with van der Waals surface area (Å²) in [5.41, 5.74) is 0. The first-order chi connectivity index (χ1) is 27.0. The van der Waals surface area contributed by atoms with Gasteiger partial charge in [0.15, 0.2) is 6.10 Å². The van der Waals surface area contributed by atoms with Gasteiger partial charge < -0.3 is 14.2 Å². The van der Waals surface area contributed by atoms with Crippen molar-refractivity contribution in [3.63, 3.8) is 0 Å². The molecule has 0 fully saturated rings. The van der Waals surface area contributed by atoms with Crippen molar-refractivity contribution in [2.45, 2.75) is 271 Å². The second-order valence-electron chi connectivity index (χ2n) is 16.4. The van der Waals surface area contributed by atoms with Crippen molar-refractivity contribution < 1.29 is 28.6 Å². The maximum Gasteiger partial charge on any atom is 0.306 e. The van der Waals surface area contributed by atoms with Crippen LogP contribution in [0.3, 0.4) is 0 Å². The Labute approximate surface area is 341 Å². The minimum absolute atomic E-state index is 0.0681. The van der Waals surface area contributed by atoms with Gasteiger partial charge in [-0.2, -0.15) is 0 Å². The molecule has 0 aromatic carbocycles. The number of ether oxygens (including phenoxy) is 3. The average Bonchev–Trinajstić information content (AvgIpc) is 3.18. The fourth-order valence-corrected chi connectivity index (χ4v) is 7.08. The Bertz CT molecular complexity index is 854. The van der Waals surface area contributed by atoms with Crippen LogP contribution in [0, 0.1) is 0 Å². The molecule has 0 aromatic heterocycles. The van der Waals surface area contributed by atoms with Gasteiger partial charge in [0.1, 0.15) is 13.2 Å². The molecule has 0 saturated heterocycles. The molecule has 0 unspecified atom stereocenters. The van der Waals surface area contributed by atoms with Crippen LogP contribution in [0.4, 0.5) is 0 Å². The zero-order chi connectivity index (χ0) is 40.1. The molecule has 0 spiro atoms. The molecule has 0 saturated carbocycles. The van der Waals surface area contributed by atoms with Gasteiger partial charge in [0.25, 0.3) is 0 Å². The molecule has 1 atom stereocenters. The summed E-state index contributed by atoms with van der Waals surface area (Å²) < 4.78 is 16.7. The minimum Gasteiger partial charge on any atom is -0.462 e. The quantitative estimate of drug-likeness (QED) is 0.0265. The highest BCUT2D eigenvalue weighted by molar-refractivity contribution is 5.71. The van der Waals surface area contributed by atoms with Crippen LogP contribution >= 0.6 is 0 Å². The van der Waals surface area contributed by atoms with Crippen molar-refractivity contribution in [2.24, 2.45) is 0 Å². The number of rotatable bonds is 44. The number of carbonyl (C=O) groups excluding carboxylic acids is 3. The largest absolute Gasteiger partial charge is 0.462 e. The zero-order valence-electron chi connectivity index (χ0n) is 37.0. The van der Waals surface area contributed by atoms with Crippen molar-refractivity contribution in [2.75, 3.05) is 13.2 Å². The maximum absolute atomic E-state index is 12.7. The number of unbranched alkanes of at least 4 members (excludes halogenated alkanes) is 31. The molecular formula is C49H92O6. The van der Waals surface area contributed by atoms with E-state index in [1.165, 1.54) is 161 Å². The fraction of sp³-hybridized carbons (Fsp3) is 0.898. The predicted molar refractivity (Wildman–Crippen MR) is 233 cm³/mol. The highest BCUT2D eigenvalue weighted by Crippen LogP contribution is 2.15. The average molecular weight is 777 g/mol. The summed E-state index contributed by atoms with van der Waals surface area (Å²) in [4.78, 5) is 37.7. The van der Waals surface area contributed by atoms with E-state index in [1.54, 1.807) is 0 Å². The summed E-state index contributed by atoms with van der Waals surface area (Å²) >= 11 is 0. The molecule has 0 radical (unpaired) electrons. The summed E-state index contributed by atoms with van der Waals surface area (Å²) in [6.45, 7) is 6.63. The summed E-state index contributed by atoms with van der Waals surface area (Å²) in [5, 5.41) is 0. The van der Waals surface area contributed by atoms with E-state index in [1.807, 2.05) is 0 Å². The molecule has 0 aliphatic carbocycles. The summed E-state index contributed by atoms with van der Waals surface area (Å²) in [6, 6.07) is 0. The Morgan fingerprint density at radius 1 is 0.345 bits per heavy atom. The van der Waals surface area contributed by atoms with Gasteiger partial charge in [0, 0.05) is 19.3 Å². The lowest BCUT2D eigenvalue weighted by Gasteiger charge is -2.18. The van der Waals surface area contributed by atoms with Gasteiger partial charge in [0.05, 0.1) is 0 Å². The Kier molecular flexibility index (Phi) is 43.4. The van der Waals surface area contributed by atoms with Gasteiger partial charge in [-0.1, -0.05) is 213 Å². The first-order valence-electron chi connectivity index (χ1n) is 24.2. The van der Waals surface area contributed by atoms with Crippen LogP contribution in [0.2, 0.25) is 0 Å². The first kappa shape index (κ1) is 53.1. The van der Waals surface area contributed by atoms with Crippen LogP contribution in [0.1, 0.15) is 265 Å². The molecule has 0 amide bonds. The smallest absolute Gasteiger partial charge is 0.306 e. The van der Waals surface area contributed by atoms with Gasteiger partial charge in [-0.3, -0.25) is 14.4 Å². The van der Waals surface area contributed by atoms with Crippen LogP contribution < -0.4 is 0 Å². The van der Waals surface area contributed by atoms with Crippen molar-refractivity contribution >= 4 is 17.9 Å². The second kappa shape index (κ2) is 44.9. The van der Waals surface area contributed by atoms with Crippen molar-refractivity contribution in [3.8, 4) is 0 Å². The molecule has 324 valence electrons. The molecule has 0 aliphatic rings. The predicted octanol–water partition coefficient (Wildman–Crippen LogP) is 15.4. The molecule has 55 heavy (non-hydrogen) atoms. The number of hydrogen-bond donors (Lipinski definition) is 0. The summed E-state index contributed by atoms with van der Waals surface area (Å²) in [7, 11) is 0. The van der Waals surface area contributed by atoms with Crippen LogP contribution in [0.25, 0.3) is 0 Å². The third kappa shape index (κ3) is 43.1. The lowest BCUT2D eigenvalue weighted by atomic mass is 10.1. The van der Waals surface area contributed by atoms with Crippen LogP contribution in [0.15, 0.2) is 12.2 Å². The van der Waals surface area contributed by atoms with Gasteiger partial charge in [-0.15, -0.1) is 0 Å². The standard InChI is InChI=1S/C49H92O6/c1-4-7-10-13-16-19-22-23-24-25-26-28-30-33-36-39-42-48(51)54-45-46(44-53-47(50)41-38-35-32-29-21-18-15-12-9-6-3)55-49(52)43-40-37-34-31-27-20-17-14-11-8-5-2/h24-25,46H,4-23,26-45H2,1-3H3/b25-24-/t46-/m1/s1. The third-order valence-electron chi connectivity index (χ3n) is 10.8. The Morgan fingerprint density at radius 3 is 0.909 bits per heavy atom. The monoisotopic (exact) mass is 777 g/mol. The van der Waals surface area contributed by atoms with E-state index in [-0.39, 0.29) is 31.1 Å². The van der Waals surface area contributed by atoms with E-state index in [0.717, 1.165) is 64.2 Å². The normalized spacial score (nSPS) is 12.0. The Morgan fingerprint density at radius 2 is 0.600 bits per heavy atom. The molecular weight excluding hydrogens is 685 g/mol. The molecule has 6 nitrogen and oxygen atoms in total. The molecule has 0 bridgehead atoms. The molecule has 6 heteroatoms. The van der Waals surface area contributed by atoms with Crippen molar-refractivity contribution in [3.05, 3.63) is 12.2 Å². The summed E-state index contributed by atoms with van der Waals surface area (Å²) in [5.74, 6) is -0.868. The lowest BCUT2D eigenvalue weighted by Crippen LogP contribution is -2.30. The maximum atomic E-state index is 12.7. The van der Waals surface area contributed by atoms with Crippen molar-refractivity contribution in [1.82, 2.24) is 0 Å². The van der Waals surface area contributed by atoms with Crippen molar-refractivity contribution in [1.29, 1.82) is 0 Å². The molecule has 0 heterocycles. The second-order valence-corrected chi connectivity index (χ2v) is 16.4. The van der Waals surface area contributed by atoms with E-state index in [2.05, 4.69) is 32.9 Å². The van der Waals surface area contributed by atoms with Crippen LogP contribution in [-0.2, 0) is 28.6 Å². The van der Waals surface area contributed by atoms with E-state index < -0.39 is 6.10 Å². The highest BCUT2D eigenvalue weighted by Gasteiger charge is 2.19. The minimum atomic E-state index is -0.764. The van der Waals surface area contributed by atoms with Gasteiger partial charge in [-0.05, 0) is 44.9 Å². The van der Waals surface area contributed by atoms with Gasteiger partial charge >= 0.3 is 17.9 Å². The number of hydrogen-bond acceptors (Lipinski definition) is 6. The van der Waals surface area contributed by atoms with E-state index >= 15 is 0 Å². The third-order valence-corrected chi connectivity index (χ3v) is 10.8. The Balaban J connectivity index is 4.31. The van der Waals surface area contributed by atoms with E-state index in [0.29, 0.717) is 19.3 Å². The lowest BCUT2D eigenvalue weighted by molar-refractivity contribution is -0.167. The van der Waals surface area contributed by atoms with Gasteiger partial charge in [-0.25, -0.2) is 0 Å². The molecule has 0 aliphatic heterocycles. The zero-order valence-corrected chi connectivity index (χ0v) is 37.0. The molecule has 0 rings (SSSR count). The molecule has 0 aromatic rings. The Hall–Kier alpha value is -1.85. The number of esters is 3. The fourth-order valence-electron chi connectivity index (χ4n) is 7.08. The summed E-state index contributed by atoms with van der Waals surface area (Å²) in [6.07, 6.45) is 47.6. The van der Waals surface area contributed by atoms with Crippen LogP contribution in [-0.4, -0.2) is 37.2 Å². The molecule has 0 N–H and O–H groups in total.